The molecule has 37 heavy (non-hydrogen) atoms. The molecule has 194 valence electrons. The SMILES string of the molecule is C1=CCC=C(C2CCCCC2)C=C1.CC.Cc1cc2c(cn1)C=CC(=O)C2C1CCCc2ccccc21. The Kier molecular flexibility index (Phi) is 9.88. The first-order chi connectivity index (χ1) is 18.2. The van der Waals surface area contributed by atoms with Crippen LogP contribution in [0.1, 0.15) is 105 Å². The number of pyridine rings is 1. The Balaban J connectivity index is 0.000000182. The van der Waals surface area contributed by atoms with E-state index >= 15 is 0 Å². The van der Waals surface area contributed by atoms with Gasteiger partial charge in [0.2, 0.25) is 0 Å². The Morgan fingerprint density at radius 2 is 1.68 bits per heavy atom. The van der Waals surface area contributed by atoms with E-state index in [1.165, 1.54) is 43.2 Å². The van der Waals surface area contributed by atoms with Crippen LogP contribution in [0.15, 0.2) is 78.6 Å². The number of rotatable bonds is 2. The van der Waals surface area contributed by atoms with Gasteiger partial charge in [0.25, 0.3) is 0 Å². The van der Waals surface area contributed by atoms with Crippen LogP contribution >= 0.6 is 0 Å². The lowest BCUT2D eigenvalue weighted by Crippen LogP contribution is -2.25. The maximum atomic E-state index is 12.7. The molecule has 2 atom stereocenters. The number of nitrogens with zero attached hydrogens (tertiary/aromatic N) is 1. The monoisotopic (exact) mass is 493 g/mol. The van der Waals surface area contributed by atoms with E-state index in [0.717, 1.165) is 48.4 Å². The van der Waals surface area contributed by atoms with Crippen LogP contribution in [-0.4, -0.2) is 10.8 Å². The minimum absolute atomic E-state index is 0.0526. The second kappa shape index (κ2) is 13.5. The topological polar surface area (TPSA) is 30.0 Å². The number of ketones is 1. The summed E-state index contributed by atoms with van der Waals surface area (Å²) in [6.45, 7) is 5.99. The van der Waals surface area contributed by atoms with E-state index in [1.54, 1.807) is 11.6 Å². The minimum atomic E-state index is -0.0526. The van der Waals surface area contributed by atoms with Crippen LogP contribution in [0.3, 0.4) is 0 Å². The summed E-state index contributed by atoms with van der Waals surface area (Å²) >= 11 is 0. The van der Waals surface area contributed by atoms with Gasteiger partial charge in [-0.15, -0.1) is 0 Å². The lowest BCUT2D eigenvalue weighted by molar-refractivity contribution is -0.116. The van der Waals surface area contributed by atoms with E-state index in [4.69, 9.17) is 0 Å². The highest BCUT2D eigenvalue weighted by molar-refractivity contribution is 6.02. The molecule has 0 N–H and O–H groups in total. The number of carbonyl (C=O) groups excluding carboxylic acids is 1. The Bertz CT molecular complexity index is 1180. The number of hydrogen-bond donors (Lipinski definition) is 0. The summed E-state index contributed by atoms with van der Waals surface area (Å²) in [7, 11) is 0. The van der Waals surface area contributed by atoms with Crippen molar-refractivity contribution in [3.63, 3.8) is 0 Å². The summed E-state index contributed by atoms with van der Waals surface area (Å²) in [4.78, 5) is 17.0. The van der Waals surface area contributed by atoms with Crippen LogP contribution < -0.4 is 0 Å². The van der Waals surface area contributed by atoms with E-state index in [1.807, 2.05) is 33.0 Å². The van der Waals surface area contributed by atoms with Crippen molar-refractivity contribution in [1.82, 2.24) is 4.98 Å². The maximum absolute atomic E-state index is 12.7. The molecule has 1 saturated carbocycles. The lowest BCUT2D eigenvalue weighted by Gasteiger charge is -2.33. The second-order valence-corrected chi connectivity index (χ2v) is 10.4. The molecule has 1 aromatic carbocycles. The maximum Gasteiger partial charge on any atom is 0.163 e. The molecule has 2 unspecified atom stereocenters. The van der Waals surface area contributed by atoms with E-state index < -0.39 is 0 Å². The largest absolute Gasteiger partial charge is 0.294 e. The molecule has 0 saturated heterocycles. The van der Waals surface area contributed by atoms with Crippen molar-refractivity contribution in [3.8, 4) is 0 Å². The van der Waals surface area contributed by atoms with Gasteiger partial charge >= 0.3 is 0 Å². The smallest absolute Gasteiger partial charge is 0.163 e. The first-order valence-corrected chi connectivity index (χ1v) is 14.5. The molecule has 1 aromatic heterocycles. The van der Waals surface area contributed by atoms with Crippen molar-refractivity contribution in [2.24, 2.45) is 5.92 Å². The van der Waals surface area contributed by atoms with Gasteiger partial charge in [-0.1, -0.05) is 87.8 Å². The van der Waals surface area contributed by atoms with E-state index in [2.05, 4.69) is 65.7 Å². The third-order valence-corrected chi connectivity index (χ3v) is 8.09. The lowest BCUT2D eigenvalue weighted by atomic mass is 9.69. The first-order valence-electron chi connectivity index (χ1n) is 14.5. The second-order valence-electron chi connectivity index (χ2n) is 10.4. The molecule has 4 aliphatic carbocycles. The fraction of sp³-hybridized carbons (Fsp3) is 0.429. The predicted molar refractivity (Wildman–Crippen MR) is 157 cm³/mol. The van der Waals surface area contributed by atoms with E-state index in [-0.39, 0.29) is 11.7 Å². The van der Waals surface area contributed by atoms with E-state index in [0.29, 0.717) is 5.92 Å². The number of fused-ring (bicyclic) bond motifs is 2. The number of aromatic nitrogens is 1. The molecule has 2 nitrogen and oxygen atoms in total. The Morgan fingerprint density at radius 3 is 2.51 bits per heavy atom. The highest BCUT2D eigenvalue weighted by Crippen LogP contribution is 2.44. The molecular weight excluding hydrogens is 450 g/mol. The molecule has 1 heterocycles. The molecule has 0 bridgehead atoms. The van der Waals surface area contributed by atoms with Gasteiger partial charge in [0, 0.05) is 11.9 Å². The standard InChI is InChI=1S/C20H19NO.C13H18.C2H6/c1-13-11-18-15(12-21-13)9-10-19(22)20(18)17-8-4-6-14-5-2-3-7-16(14)17;1-2-5-9-12(8-4-1)13-10-6-3-7-11-13;1-2/h2-3,5,7,9-12,17,20H,4,6,8H2,1H3;1-2,4,8-9,13H,3,5-7,10-11H2;1-2H3. The van der Waals surface area contributed by atoms with Gasteiger partial charge in [-0.2, -0.15) is 0 Å². The average molecular weight is 494 g/mol. The molecule has 4 aliphatic rings. The fourth-order valence-corrected chi connectivity index (χ4v) is 6.32. The molecule has 2 heteroatoms. The van der Waals surface area contributed by atoms with Gasteiger partial charge in [-0.3, -0.25) is 9.78 Å². The van der Waals surface area contributed by atoms with Gasteiger partial charge in [0.1, 0.15) is 0 Å². The minimum Gasteiger partial charge on any atom is -0.294 e. The molecule has 1 fully saturated rings. The zero-order valence-corrected chi connectivity index (χ0v) is 23.0. The highest BCUT2D eigenvalue weighted by atomic mass is 16.1. The third-order valence-electron chi connectivity index (χ3n) is 8.09. The summed E-state index contributed by atoms with van der Waals surface area (Å²) in [5.74, 6) is 1.34. The Morgan fingerprint density at radius 1 is 0.865 bits per heavy atom. The number of carbonyl (C=O) groups is 1. The molecule has 0 spiro atoms. The van der Waals surface area contributed by atoms with Crippen LogP contribution in [0, 0.1) is 12.8 Å². The summed E-state index contributed by atoms with van der Waals surface area (Å²) in [6, 6.07) is 10.7. The van der Waals surface area contributed by atoms with Gasteiger partial charge in [0.05, 0.1) is 5.92 Å². The normalized spacial score (nSPS) is 22.4. The molecule has 6 rings (SSSR count). The molecule has 0 radical (unpaired) electrons. The van der Waals surface area contributed by atoms with Crippen LogP contribution in [0.5, 0.6) is 0 Å². The van der Waals surface area contributed by atoms with Crippen molar-refractivity contribution >= 4 is 11.9 Å². The van der Waals surface area contributed by atoms with E-state index in [9.17, 15) is 4.79 Å². The molecule has 2 aromatic rings. The van der Waals surface area contributed by atoms with Gasteiger partial charge in [0.15, 0.2) is 5.78 Å². The number of aryl methyl sites for hydroxylation is 2. The molecule has 0 amide bonds. The zero-order chi connectivity index (χ0) is 26.0. The van der Waals surface area contributed by atoms with Gasteiger partial charge in [-0.25, -0.2) is 0 Å². The summed E-state index contributed by atoms with van der Waals surface area (Å²) in [5.41, 5.74) is 7.59. The number of allylic oxidation sites excluding steroid dienone is 7. The fourth-order valence-electron chi connectivity index (χ4n) is 6.32. The van der Waals surface area contributed by atoms with Crippen molar-refractivity contribution < 1.29 is 4.79 Å². The molecule has 0 aliphatic heterocycles. The first kappa shape index (κ1) is 27.0. The predicted octanol–water partition coefficient (Wildman–Crippen LogP) is 9.23. The highest BCUT2D eigenvalue weighted by Gasteiger charge is 2.35. The van der Waals surface area contributed by atoms with Gasteiger partial charge in [-0.05, 0) is 103 Å². The van der Waals surface area contributed by atoms with Crippen molar-refractivity contribution in [3.05, 3.63) is 107 Å². The zero-order valence-electron chi connectivity index (χ0n) is 23.0. The average Bonchev–Trinajstić information content (AvgIpc) is 3.25. The summed E-state index contributed by atoms with van der Waals surface area (Å²) in [6.07, 6.45) is 28.5. The van der Waals surface area contributed by atoms with Crippen LogP contribution in [0.25, 0.3) is 6.08 Å². The Labute approximate surface area is 224 Å². The number of hydrogen-bond acceptors (Lipinski definition) is 2. The van der Waals surface area contributed by atoms with Crippen LogP contribution in [0.4, 0.5) is 0 Å². The van der Waals surface area contributed by atoms with Crippen molar-refractivity contribution in [1.29, 1.82) is 0 Å². The third kappa shape index (κ3) is 6.66. The van der Waals surface area contributed by atoms with Gasteiger partial charge < -0.3 is 0 Å². The quantitative estimate of drug-likeness (QED) is 0.417. The Hall–Kier alpha value is -3.00. The van der Waals surface area contributed by atoms with Crippen molar-refractivity contribution in [2.75, 3.05) is 0 Å². The summed E-state index contributed by atoms with van der Waals surface area (Å²) in [5, 5.41) is 0. The number of benzene rings is 1. The van der Waals surface area contributed by atoms with Crippen LogP contribution in [0.2, 0.25) is 0 Å². The van der Waals surface area contributed by atoms with Crippen LogP contribution in [-0.2, 0) is 11.2 Å². The van der Waals surface area contributed by atoms with Crippen molar-refractivity contribution in [2.45, 2.75) is 90.4 Å². The molecular formula is C35H43NO. The summed E-state index contributed by atoms with van der Waals surface area (Å²) < 4.78 is 0.